The fraction of sp³-hybridized carbons (Fsp3) is 0.318. The summed E-state index contributed by atoms with van der Waals surface area (Å²) >= 11 is 0. The summed E-state index contributed by atoms with van der Waals surface area (Å²) in [4.78, 5) is 19.1. The van der Waals surface area contributed by atoms with Gasteiger partial charge in [0.05, 0.1) is 14.2 Å². The maximum atomic E-state index is 12.7. The van der Waals surface area contributed by atoms with Crippen molar-refractivity contribution >= 4 is 11.6 Å². The van der Waals surface area contributed by atoms with Crippen molar-refractivity contribution in [2.45, 2.75) is 26.2 Å². The molecule has 0 N–H and O–H groups in total. The van der Waals surface area contributed by atoms with Crippen molar-refractivity contribution in [3.05, 3.63) is 53.3 Å². The predicted octanol–water partition coefficient (Wildman–Crippen LogP) is 3.89. The lowest BCUT2D eigenvalue weighted by atomic mass is 10.1. The molecule has 0 spiro atoms. The van der Waals surface area contributed by atoms with Gasteiger partial charge in [-0.2, -0.15) is 4.98 Å². The first-order chi connectivity index (χ1) is 14.0. The number of aromatic nitrogens is 2. The van der Waals surface area contributed by atoms with Crippen LogP contribution in [-0.2, 0) is 4.79 Å². The summed E-state index contributed by atoms with van der Waals surface area (Å²) < 4.78 is 16.1. The Morgan fingerprint density at radius 1 is 1.07 bits per heavy atom. The normalized spacial score (nSPS) is 16.3. The van der Waals surface area contributed by atoms with E-state index in [1.54, 1.807) is 26.4 Å². The lowest BCUT2D eigenvalue weighted by molar-refractivity contribution is -0.117. The van der Waals surface area contributed by atoms with Gasteiger partial charge in [-0.3, -0.25) is 4.79 Å². The molecule has 1 aliphatic rings. The van der Waals surface area contributed by atoms with Gasteiger partial charge < -0.3 is 18.9 Å². The summed E-state index contributed by atoms with van der Waals surface area (Å²) in [6.07, 6.45) is 0.360. The van der Waals surface area contributed by atoms with Crippen LogP contribution >= 0.6 is 0 Å². The highest BCUT2D eigenvalue weighted by Gasteiger charge is 2.35. The number of amides is 1. The third kappa shape index (κ3) is 3.44. The number of carbonyl (C=O) groups is 1. The fourth-order valence-corrected chi connectivity index (χ4v) is 3.82. The molecule has 0 saturated carbocycles. The van der Waals surface area contributed by atoms with Crippen LogP contribution in [0.4, 0.5) is 5.69 Å². The second kappa shape index (κ2) is 7.58. The average molecular weight is 393 g/mol. The minimum absolute atomic E-state index is 0.0740. The highest BCUT2D eigenvalue weighted by atomic mass is 16.5. The van der Waals surface area contributed by atoms with E-state index in [2.05, 4.69) is 10.1 Å². The van der Waals surface area contributed by atoms with Crippen molar-refractivity contribution in [3.63, 3.8) is 0 Å². The summed E-state index contributed by atoms with van der Waals surface area (Å²) in [5, 5.41) is 4.14. The molecule has 4 rings (SSSR count). The monoisotopic (exact) mass is 393 g/mol. The van der Waals surface area contributed by atoms with Crippen LogP contribution in [0, 0.1) is 13.8 Å². The maximum Gasteiger partial charge on any atom is 0.258 e. The minimum Gasteiger partial charge on any atom is -0.493 e. The van der Waals surface area contributed by atoms with E-state index < -0.39 is 0 Å². The number of nitrogens with zero attached hydrogens (tertiary/aromatic N) is 3. The molecule has 7 heteroatoms. The molecule has 1 unspecified atom stereocenters. The number of para-hydroxylation sites is 1. The third-order valence-corrected chi connectivity index (χ3v) is 5.27. The van der Waals surface area contributed by atoms with E-state index in [9.17, 15) is 4.79 Å². The predicted molar refractivity (Wildman–Crippen MR) is 108 cm³/mol. The SMILES string of the molecule is COc1ccc(-c2nc(C3CC(=O)N(c4c(C)cccc4C)C3)no2)cc1OC. The molecule has 7 nitrogen and oxygen atoms in total. The van der Waals surface area contributed by atoms with E-state index in [0.29, 0.717) is 36.2 Å². The van der Waals surface area contributed by atoms with Crippen molar-refractivity contribution in [2.24, 2.45) is 0 Å². The number of hydrogen-bond donors (Lipinski definition) is 0. The maximum absolute atomic E-state index is 12.7. The average Bonchev–Trinajstić information content (AvgIpc) is 3.35. The van der Waals surface area contributed by atoms with Crippen molar-refractivity contribution in [1.82, 2.24) is 10.1 Å². The molecular weight excluding hydrogens is 370 g/mol. The quantitative estimate of drug-likeness (QED) is 0.654. The highest BCUT2D eigenvalue weighted by Crippen LogP contribution is 2.36. The van der Waals surface area contributed by atoms with Gasteiger partial charge in [-0.05, 0) is 43.2 Å². The third-order valence-electron chi connectivity index (χ3n) is 5.27. The topological polar surface area (TPSA) is 77.7 Å². The first kappa shape index (κ1) is 19.0. The molecule has 1 saturated heterocycles. The van der Waals surface area contributed by atoms with Crippen LogP contribution in [-0.4, -0.2) is 36.8 Å². The molecule has 0 aliphatic carbocycles. The first-order valence-corrected chi connectivity index (χ1v) is 9.44. The number of benzene rings is 2. The smallest absolute Gasteiger partial charge is 0.258 e. The molecule has 29 heavy (non-hydrogen) atoms. The molecule has 1 amide bonds. The molecule has 1 fully saturated rings. The Labute approximate surface area is 169 Å². The van der Waals surface area contributed by atoms with Crippen LogP contribution in [0.5, 0.6) is 11.5 Å². The Morgan fingerprint density at radius 2 is 1.79 bits per heavy atom. The molecule has 1 atom stereocenters. The zero-order chi connectivity index (χ0) is 20.5. The van der Waals surface area contributed by atoms with Crippen LogP contribution in [0.25, 0.3) is 11.5 Å². The molecule has 1 aliphatic heterocycles. The summed E-state index contributed by atoms with van der Waals surface area (Å²) in [5.74, 6) is 2.10. The van der Waals surface area contributed by atoms with E-state index >= 15 is 0 Å². The van der Waals surface area contributed by atoms with Crippen LogP contribution in [0.2, 0.25) is 0 Å². The summed E-state index contributed by atoms with van der Waals surface area (Å²) in [7, 11) is 3.16. The van der Waals surface area contributed by atoms with Crippen LogP contribution in [0.15, 0.2) is 40.9 Å². The Balaban J connectivity index is 1.59. The van der Waals surface area contributed by atoms with Crippen molar-refractivity contribution < 1.29 is 18.8 Å². The number of carbonyl (C=O) groups excluding carboxylic acids is 1. The van der Waals surface area contributed by atoms with Gasteiger partial charge in [-0.25, -0.2) is 0 Å². The molecule has 2 heterocycles. The number of methoxy groups -OCH3 is 2. The molecule has 3 aromatic rings. The molecule has 150 valence electrons. The second-order valence-corrected chi connectivity index (χ2v) is 7.17. The Morgan fingerprint density at radius 3 is 2.48 bits per heavy atom. The van der Waals surface area contributed by atoms with Gasteiger partial charge in [0.1, 0.15) is 0 Å². The Bertz CT molecular complexity index is 1040. The van der Waals surface area contributed by atoms with E-state index in [4.69, 9.17) is 14.0 Å². The lowest BCUT2D eigenvalue weighted by Gasteiger charge is -2.21. The molecule has 0 radical (unpaired) electrons. The van der Waals surface area contributed by atoms with Crippen molar-refractivity contribution in [3.8, 4) is 23.0 Å². The number of aryl methyl sites for hydroxylation is 2. The highest BCUT2D eigenvalue weighted by molar-refractivity contribution is 5.97. The van der Waals surface area contributed by atoms with Crippen LogP contribution in [0.1, 0.15) is 29.3 Å². The molecular formula is C22H23N3O4. The molecule has 0 bridgehead atoms. The largest absolute Gasteiger partial charge is 0.493 e. The van der Waals surface area contributed by atoms with Crippen LogP contribution < -0.4 is 14.4 Å². The van der Waals surface area contributed by atoms with Gasteiger partial charge in [0.2, 0.25) is 5.91 Å². The van der Waals surface area contributed by atoms with E-state index in [1.807, 2.05) is 43.0 Å². The van der Waals surface area contributed by atoms with Gasteiger partial charge in [-0.15, -0.1) is 0 Å². The van der Waals surface area contributed by atoms with Gasteiger partial charge >= 0.3 is 0 Å². The summed E-state index contributed by atoms with van der Waals surface area (Å²) in [6, 6.07) is 11.5. The standard InChI is InChI=1S/C22H23N3O4/c1-13-6-5-7-14(2)20(13)25-12-16(11-19(25)26)21-23-22(29-24-21)15-8-9-17(27-3)18(10-15)28-4/h5-10,16H,11-12H2,1-4H3. The van der Waals surface area contributed by atoms with Gasteiger partial charge in [0.25, 0.3) is 5.89 Å². The van der Waals surface area contributed by atoms with Gasteiger partial charge in [0, 0.05) is 30.1 Å². The fourth-order valence-electron chi connectivity index (χ4n) is 3.82. The number of anilines is 1. The molecule has 1 aromatic heterocycles. The zero-order valence-corrected chi connectivity index (χ0v) is 16.9. The zero-order valence-electron chi connectivity index (χ0n) is 16.9. The van der Waals surface area contributed by atoms with Gasteiger partial charge in [0.15, 0.2) is 17.3 Å². The molecule has 2 aromatic carbocycles. The first-order valence-electron chi connectivity index (χ1n) is 9.44. The number of hydrogen-bond acceptors (Lipinski definition) is 6. The second-order valence-electron chi connectivity index (χ2n) is 7.17. The van der Waals surface area contributed by atoms with Crippen LogP contribution in [0.3, 0.4) is 0 Å². The van der Waals surface area contributed by atoms with Crippen molar-refractivity contribution in [1.29, 1.82) is 0 Å². The van der Waals surface area contributed by atoms with E-state index in [1.165, 1.54) is 0 Å². The van der Waals surface area contributed by atoms with Gasteiger partial charge in [-0.1, -0.05) is 23.4 Å². The Hall–Kier alpha value is -3.35. The van der Waals surface area contributed by atoms with E-state index in [-0.39, 0.29) is 11.8 Å². The number of ether oxygens (including phenoxy) is 2. The van der Waals surface area contributed by atoms with Crippen molar-refractivity contribution in [2.75, 3.05) is 25.7 Å². The summed E-state index contributed by atoms with van der Waals surface area (Å²) in [6.45, 7) is 4.58. The lowest BCUT2D eigenvalue weighted by Crippen LogP contribution is -2.26. The summed E-state index contributed by atoms with van der Waals surface area (Å²) in [5.41, 5.74) is 3.87. The Kier molecular flexibility index (Phi) is 4.96. The minimum atomic E-state index is -0.112. The number of rotatable bonds is 5. The van der Waals surface area contributed by atoms with E-state index in [0.717, 1.165) is 22.4 Å².